The number of hydrogen-bond acceptors (Lipinski definition) is 1. The fourth-order valence-electron chi connectivity index (χ4n) is 1.29. The van der Waals surface area contributed by atoms with Gasteiger partial charge in [0.05, 0.1) is 0 Å². The molecule has 3 heteroatoms. The third kappa shape index (κ3) is 1.79. The van der Waals surface area contributed by atoms with E-state index in [-0.39, 0.29) is 12.4 Å². The maximum absolute atomic E-state index is 5.80. The highest BCUT2D eigenvalue weighted by Crippen LogP contribution is 2.27. The van der Waals surface area contributed by atoms with Crippen LogP contribution in [0.15, 0.2) is 40.9 Å². The normalized spacial score (nSPS) is 9.62. The first-order valence-electron chi connectivity index (χ1n) is 3.72. The van der Waals surface area contributed by atoms with Crippen LogP contribution in [-0.2, 0) is 0 Å². The first-order chi connectivity index (χ1) is 5.79. The Bertz CT molecular complexity index is 388. The van der Waals surface area contributed by atoms with Crippen molar-refractivity contribution in [3.8, 4) is 0 Å². The van der Waals surface area contributed by atoms with Crippen molar-refractivity contribution in [1.29, 1.82) is 0 Å². The molecule has 0 aliphatic rings. The minimum absolute atomic E-state index is 0. The van der Waals surface area contributed by atoms with Crippen LogP contribution in [0.4, 0.5) is 5.69 Å². The lowest BCUT2D eigenvalue weighted by molar-refractivity contribution is 1.69. The molecule has 2 N–H and O–H groups in total. The van der Waals surface area contributed by atoms with Crippen LogP contribution in [0.5, 0.6) is 0 Å². The molecule has 0 unspecified atom stereocenters. The number of fused-ring (bicyclic) bond motifs is 1. The lowest BCUT2D eigenvalue weighted by Gasteiger charge is -2.02. The zero-order chi connectivity index (χ0) is 8.55. The van der Waals surface area contributed by atoms with Crippen molar-refractivity contribution >= 4 is 44.8 Å². The Balaban J connectivity index is 0.000000845. The fraction of sp³-hybridized carbons (Fsp3) is 0. The first-order valence-corrected chi connectivity index (χ1v) is 4.51. The van der Waals surface area contributed by atoms with Crippen molar-refractivity contribution in [1.82, 2.24) is 0 Å². The molecule has 1 nitrogen and oxygen atoms in total. The van der Waals surface area contributed by atoms with Crippen molar-refractivity contribution in [2.45, 2.75) is 0 Å². The standard InChI is InChI=1S/C10H8BrN.ClH/c11-9-5-6-10(12)8-4-2-1-3-7(8)9;/h1-6H,12H2;1H. The summed E-state index contributed by atoms with van der Waals surface area (Å²) in [6, 6.07) is 12.0. The minimum Gasteiger partial charge on any atom is -0.398 e. The highest BCUT2D eigenvalue weighted by molar-refractivity contribution is 9.10. The highest BCUT2D eigenvalue weighted by atomic mass is 79.9. The van der Waals surface area contributed by atoms with Crippen molar-refractivity contribution in [2.24, 2.45) is 0 Å². The van der Waals surface area contributed by atoms with Gasteiger partial charge >= 0.3 is 0 Å². The number of benzene rings is 2. The second kappa shape index (κ2) is 3.99. The number of halogens is 2. The van der Waals surface area contributed by atoms with Crippen molar-refractivity contribution in [3.05, 3.63) is 40.9 Å². The van der Waals surface area contributed by atoms with Crippen molar-refractivity contribution in [2.75, 3.05) is 5.73 Å². The van der Waals surface area contributed by atoms with Crippen LogP contribution in [0.1, 0.15) is 0 Å². The van der Waals surface area contributed by atoms with Gasteiger partial charge in [-0.15, -0.1) is 12.4 Å². The molecule has 0 amide bonds. The molecule has 13 heavy (non-hydrogen) atoms. The lowest BCUT2D eigenvalue weighted by Crippen LogP contribution is -1.86. The van der Waals surface area contributed by atoms with Crippen LogP contribution in [0, 0.1) is 0 Å². The molecule has 0 heterocycles. The van der Waals surface area contributed by atoms with E-state index < -0.39 is 0 Å². The zero-order valence-electron chi connectivity index (χ0n) is 6.83. The minimum atomic E-state index is 0. The summed E-state index contributed by atoms with van der Waals surface area (Å²) < 4.78 is 1.09. The number of hydrogen-bond donors (Lipinski definition) is 1. The molecule has 2 aromatic carbocycles. The van der Waals surface area contributed by atoms with E-state index in [0.29, 0.717) is 0 Å². The summed E-state index contributed by atoms with van der Waals surface area (Å²) in [7, 11) is 0. The molecule has 0 saturated heterocycles. The Morgan fingerprint density at radius 3 is 2.15 bits per heavy atom. The van der Waals surface area contributed by atoms with E-state index in [1.165, 1.54) is 0 Å². The Kier molecular flexibility index (Phi) is 3.17. The molecular weight excluding hydrogens is 249 g/mol. The summed E-state index contributed by atoms with van der Waals surface area (Å²) in [6.07, 6.45) is 0. The van der Waals surface area contributed by atoms with Crippen LogP contribution < -0.4 is 5.73 Å². The molecule has 2 rings (SSSR count). The van der Waals surface area contributed by atoms with Crippen molar-refractivity contribution in [3.63, 3.8) is 0 Å². The number of nitrogen functional groups attached to an aromatic ring is 1. The average molecular weight is 259 g/mol. The van der Waals surface area contributed by atoms with Gasteiger partial charge in [-0.1, -0.05) is 40.2 Å². The van der Waals surface area contributed by atoms with E-state index in [0.717, 1.165) is 20.9 Å². The van der Waals surface area contributed by atoms with Crippen molar-refractivity contribution < 1.29 is 0 Å². The molecule has 0 fully saturated rings. The summed E-state index contributed by atoms with van der Waals surface area (Å²) in [5.41, 5.74) is 6.63. The van der Waals surface area contributed by atoms with Crippen LogP contribution in [0.3, 0.4) is 0 Å². The largest absolute Gasteiger partial charge is 0.398 e. The molecule has 0 aromatic heterocycles. The van der Waals surface area contributed by atoms with Gasteiger partial charge in [-0.3, -0.25) is 0 Å². The quantitative estimate of drug-likeness (QED) is 0.718. The van der Waals surface area contributed by atoms with Crippen LogP contribution in [0.25, 0.3) is 10.8 Å². The zero-order valence-corrected chi connectivity index (χ0v) is 9.23. The second-order valence-corrected chi connectivity index (χ2v) is 3.54. The van der Waals surface area contributed by atoms with E-state index in [1.807, 2.05) is 30.3 Å². The van der Waals surface area contributed by atoms with E-state index in [9.17, 15) is 0 Å². The topological polar surface area (TPSA) is 26.0 Å². The van der Waals surface area contributed by atoms with Gasteiger partial charge in [-0.05, 0) is 17.5 Å². The van der Waals surface area contributed by atoms with Gasteiger partial charge in [0.15, 0.2) is 0 Å². The smallest absolute Gasteiger partial charge is 0.0394 e. The van der Waals surface area contributed by atoms with E-state index in [4.69, 9.17) is 5.73 Å². The molecule has 0 bridgehead atoms. The maximum Gasteiger partial charge on any atom is 0.0394 e. The van der Waals surface area contributed by atoms with Gasteiger partial charge in [0.1, 0.15) is 0 Å². The Morgan fingerprint density at radius 2 is 1.54 bits per heavy atom. The van der Waals surface area contributed by atoms with E-state index >= 15 is 0 Å². The SMILES string of the molecule is Cl.Nc1ccc(Br)c2ccccc12. The summed E-state index contributed by atoms with van der Waals surface area (Å²) in [5.74, 6) is 0. The number of rotatable bonds is 0. The lowest BCUT2D eigenvalue weighted by atomic mass is 10.1. The van der Waals surface area contributed by atoms with Gasteiger partial charge in [-0.25, -0.2) is 0 Å². The Labute approximate surface area is 91.5 Å². The molecule has 0 radical (unpaired) electrons. The molecule has 0 atom stereocenters. The second-order valence-electron chi connectivity index (χ2n) is 2.68. The maximum atomic E-state index is 5.80. The average Bonchev–Trinajstić information content (AvgIpc) is 2.12. The summed E-state index contributed by atoms with van der Waals surface area (Å²) >= 11 is 3.48. The van der Waals surface area contributed by atoms with E-state index in [2.05, 4.69) is 22.0 Å². The van der Waals surface area contributed by atoms with Crippen LogP contribution in [0.2, 0.25) is 0 Å². The predicted octanol–water partition coefficient (Wildman–Crippen LogP) is 3.61. The third-order valence-electron chi connectivity index (χ3n) is 1.90. The summed E-state index contributed by atoms with van der Waals surface area (Å²) in [6.45, 7) is 0. The number of anilines is 1. The first kappa shape index (κ1) is 10.4. The summed E-state index contributed by atoms with van der Waals surface area (Å²) in [5, 5.41) is 2.27. The predicted molar refractivity (Wildman–Crippen MR) is 63.3 cm³/mol. The summed E-state index contributed by atoms with van der Waals surface area (Å²) in [4.78, 5) is 0. The Morgan fingerprint density at radius 1 is 0.923 bits per heavy atom. The van der Waals surface area contributed by atoms with E-state index in [1.54, 1.807) is 0 Å². The molecule has 0 saturated carbocycles. The molecule has 2 aromatic rings. The van der Waals surface area contributed by atoms with Gasteiger partial charge in [0.25, 0.3) is 0 Å². The molecule has 0 spiro atoms. The Hall–Kier alpha value is -0.730. The third-order valence-corrected chi connectivity index (χ3v) is 2.60. The van der Waals surface area contributed by atoms with Gasteiger partial charge in [0.2, 0.25) is 0 Å². The highest BCUT2D eigenvalue weighted by Gasteiger charge is 1.99. The van der Waals surface area contributed by atoms with Gasteiger partial charge in [0, 0.05) is 15.5 Å². The van der Waals surface area contributed by atoms with Gasteiger partial charge in [-0.2, -0.15) is 0 Å². The molecule has 0 aliphatic heterocycles. The molecule has 68 valence electrons. The number of nitrogens with two attached hydrogens (primary N) is 1. The molecule has 0 aliphatic carbocycles. The molecular formula is C10H9BrClN. The van der Waals surface area contributed by atoms with Crippen LogP contribution in [-0.4, -0.2) is 0 Å². The van der Waals surface area contributed by atoms with Crippen LogP contribution >= 0.6 is 28.3 Å². The monoisotopic (exact) mass is 257 g/mol. The fourth-order valence-corrected chi connectivity index (χ4v) is 1.76. The van der Waals surface area contributed by atoms with Gasteiger partial charge < -0.3 is 5.73 Å².